The standard InChI is InChI=1S/C13H13N3O2/c17-16(18)13-11-8-4-5-9-12(11)15(14-13)10-6-2-1-3-7-10/h1-3,6-7H,4-5,8-9H2. The number of aromatic nitrogens is 2. The number of rotatable bonds is 2. The number of hydrogen-bond donors (Lipinski definition) is 0. The van der Waals surface area contributed by atoms with Gasteiger partial charge in [0.2, 0.25) is 0 Å². The van der Waals surface area contributed by atoms with Gasteiger partial charge in [0.25, 0.3) is 0 Å². The summed E-state index contributed by atoms with van der Waals surface area (Å²) in [4.78, 5) is 10.7. The maximum Gasteiger partial charge on any atom is 0.393 e. The van der Waals surface area contributed by atoms with Crippen molar-refractivity contribution in [1.29, 1.82) is 0 Å². The quantitative estimate of drug-likeness (QED) is 0.601. The van der Waals surface area contributed by atoms with Crippen LogP contribution in [-0.4, -0.2) is 14.7 Å². The van der Waals surface area contributed by atoms with E-state index < -0.39 is 0 Å². The van der Waals surface area contributed by atoms with Gasteiger partial charge in [-0.3, -0.25) is 0 Å². The zero-order valence-electron chi connectivity index (χ0n) is 9.87. The molecular weight excluding hydrogens is 230 g/mol. The lowest BCUT2D eigenvalue weighted by Gasteiger charge is -2.10. The molecule has 0 saturated carbocycles. The Bertz CT molecular complexity index is 590. The van der Waals surface area contributed by atoms with Crippen LogP contribution in [0.25, 0.3) is 5.69 Å². The van der Waals surface area contributed by atoms with E-state index in [1.165, 1.54) is 0 Å². The predicted molar refractivity (Wildman–Crippen MR) is 66.9 cm³/mol. The van der Waals surface area contributed by atoms with Crippen molar-refractivity contribution in [3.63, 3.8) is 0 Å². The van der Waals surface area contributed by atoms with Crippen LogP contribution in [0.15, 0.2) is 30.3 Å². The molecule has 5 nitrogen and oxygen atoms in total. The van der Waals surface area contributed by atoms with Gasteiger partial charge in [-0.15, -0.1) is 4.68 Å². The lowest BCUT2D eigenvalue weighted by atomic mass is 9.97. The van der Waals surface area contributed by atoms with Crippen molar-refractivity contribution in [2.24, 2.45) is 0 Å². The summed E-state index contributed by atoms with van der Waals surface area (Å²) in [6.07, 6.45) is 3.71. The molecule has 0 bridgehead atoms. The van der Waals surface area contributed by atoms with E-state index in [1.54, 1.807) is 4.68 Å². The zero-order chi connectivity index (χ0) is 12.5. The van der Waals surface area contributed by atoms with Gasteiger partial charge >= 0.3 is 5.82 Å². The van der Waals surface area contributed by atoms with Crippen molar-refractivity contribution in [2.45, 2.75) is 25.7 Å². The van der Waals surface area contributed by atoms with Gasteiger partial charge in [-0.2, -0.15) is 0 Å². The molecule has 92 valence electrons. The maximum atomic E-state index is 11.0. The summed E-state index contributed by atoms with van der Waals surface area (Å²) in [5.41, 5.74) is 2.71. The average Bonchev–Trinajstić information content (AvgIpc) is 2.79. The molecule has 5 heteroatoms. The van der Waals surface area contributed by atoms with Crippen molar-refractivity contribution in [1.82, 2.24) is 9.78 Å². The minimum absolute atomic E-state index is 0.0218. The third-order valence-electron chi connectivity index (χ3n) is 3.33. The summed E-state index contributed by atoms with van der Waals surface area (Å²) < 4.78 is 1.73. The molecule has 18 heavy (non-hydrogen) atoms. The van der Waals surface area contributed by atoms with E-state index in [0.717, 1.165) is 42.6 Å². The monoisotopic (exact) mass is 243 g/mol. The summed E-state index contributed by atoms with van der Waals surface area (Å²) in [5.74, 6) is 0.0218. The Morgan fingerprint density at radius 2 is 1.89 bits per heavy atom. The number of nitro groups is 1. The van der Waals surface area contributed by atoms with Gasteiger partial charge in [0.15, 0.2) is 0 Å². The van der Waals surface area contributed by atoms with Gasteiger partial charge in [-0.1, -0.05) is 18.2 Å². The first-order chi connectivity index (χ1) is 8.77. The van der Waals surface area contributed by atoms with Gasteiger partial charge in [0.1, 0.15) is 0 Å². The molecule has 0 unspecified atom stereocenters. The SMILES string of the molecule is O=[N+]([O-])c1nn(-c2ccccc2)c2c1CCCC2. The molecule has 0 amide bonds. The van der Waals surface area contributed by atoms with Crippen LogP contribution in [0, 0.1) is 10.1 Å². The van der Waals surface area contributed by atoms with Gasteiger partial charge in [0, 0.05) is 0 Å². The third kappa shape index (κ3) is 1.68. The largest absolute Gasteiger partial charge is 0.393 e. The van der Waals surface area contributed by atoms with Crippen LogP contribution in [0.1, 0.15) is 24.1 Å². The molecule has 0 fully saturated rings. The number of fused-ring (bicyclic) bond motifs is 1. The molecule has 0 N–H and O–H groups in total. The van der Waals surface area contributed by atoms with E-state index in [4.69, 9.17) is 0 Å². The Kier molecular flexibility index (Phi) is 2.59. The number of para-hydroxylation sites is 1. The maximum absolute atomic E-state index is 11.0. The number of nitrogens with zero attached hydrogens (tertiary/aromatic N) is 3. The first-order valence-corrected chi connectivity index (χ1v) is 6.08. The van der Waals surface area contributed by atoms with Crippen molar-refractivity contribution in [3.8, 4) is 5.69 Å². The molecule has 0 atom stereocenters. The summed E-state index contributed by atoms with van der Waals surface area (Å²) >= 11 is 0. The number of benzene rings is 1. The van der Waals surface area contributed by atoms with Crippen LogP contribution in [0.3, 0.4) is 0 Å². The first-order valence-electron chi connectivity index (χ1n) is 6.08. The third-order valence-corrected chi connectivity index (χ3v) is 3.33. The molecule has 1 aliphatic rings. The molecule has 0 radical (unpaired) electrons. The topological polar surface area (TPSA) is 61.0 Å². The Balaban J connectivity index is 2.18. The van der Waals surface area contributed by atoms with Crippen LogP contribution in [0.5, 0.6) is 0 Å². The highest BCUT2D eigenvalue weighted by molar-refractivity contribution is 5.44. The minimum atomic E-state index is -0.371. The summed E-state index contributed by atoms with van der Waals surface area (Å²) in [6.45, 7) is 0. The fourth-order valence-electron chi connectivity index (χ4n) is 2.51. The molecular formula is C13H13N3O2. The molecule has 0 spiro atoms. The van der Waals surface area contributed by atoms with Gasteiger partial charge in [0.05, 0.1) is 22.0 Å². The Hall–Kier alpha value is -2.17. The highest BCUT2D eigenvalue weighted by Gasteiger charge is 2.29. The molecule has 0 aliphatic heterocycles. The minimum Gasteiger partial charge on any atom is -0.358 e. The smallest absolute Gasteiger partial charge is 0.358 e. The second-order valence-electron chi connectivity index (χ2n) is 4.46. The van der Waals surface area contributed by atoms with Crippen LogP contribution in [0.4, 0.5) is 5.82 Å². The summed E-state index contributed by atoms with van der Waals surface area (Å²) in [5, 5.41) is 15.2. The second-order valence-corrected chi connectivity index (χ2v) is 4.46. The van der Waals surface area contributed by atoms with E-state index >= 15 is 0 Å². The van der Waals surface area contributed by atoms with Gasteiger partial charge in [-0.05, 0) is 42.7 Å². The van der Waals surface area contributed by atoms with Crippen LogP contribution in [-0.2, 0) is 12.8 Å². The van der Waals surface area contributed by atoms with Crippen LogP contribution < -0.4 is 0 Å². The van der Waals surface area contributed by atoms with E-state index in [9.17, 15) is 10.1 Å². The molecule has 1 heterocycles. The fraction of sp³-hybridized carbons (Fsp3) is 0.308. The van der Waals surface area contributed by atoms with Gasteiger partial charge in [-0.25, -0.2) is 0 Å². The Morgan fingerprint density at radius 3 is 2.61 bits per heavy atom. The molecule has 1 aromatic heterocycles. The lowest BCUT2D eigenvalue weighted by molar-refractivity contribution is -0.390. The van der Waals surface area contributed by atoms with Crippen LogP contribution in [0.2, 0.25) is 0 Å². The normalized spacial score (nSPS) is 14.2. The molecule has 1 aliphatic carbocycles. The second kappa shape index (κ2) is 4.25. The molecule has 3 rings (SSSR count). The summed E-state index contributed by atoms with van der Waals surface area (Å²) in [6, 6.07) is 9.60. The highest BCUT2D eigenvalue weighted by Crippen LogP contribution is 2.30. The molecule has 0 saturated heterocycles. The van der Waals surface area contributed by atoms with E-state index in [-0.39, 0.29) is 10.7 Å². The molecule has 2 aromatic rings. The van der Waals surface area contributed by atoms with Crippen LogP contribution >= 0.6 is 0 Å². The van der Waals surface area contributed by atoms with E-state index in [0.29, 0.717) is 0 Å². The highest BCUT2D eigenvalue weighted by atomic mass is 16.6. The first kappa shape index (κ1) is 11.0. The van der Waals surface area contributed by atoms with Crippen molar-refractivity contribution < 1.29 is 4.92 Å². The van der Waals surface area contributed by atoms with Crippen molar-refractivity contribution in [3.05, 3.63) is 51.7 Å². The average molecular weight is 243 g/mol. The van der Waals surface area contributed by atoms with Crippen molar-refractivity contribution in [2.75, 3.05) is 0 Å². The Labute approximate surface area is 104 Å². The predicted octanol–water partition coefficient (Wildman–Crippen LogP) is 2.66. The Morgan fingerprint density at radius 1 is 1.17 bits per heavy atom. The number of hydrogen-bond acceptors (Lipinski definition) is 3. The fourth-order valence-corrected chi connectivity index (χ4v) is 2.51. The molecule has 1 aromatic carbocycles. The summed E-state index contributed by atoms with van der Waals surface area (Å²) in [7, 11) is 0. The van der Waals surface area contributed by atoms with Gasteiger partial charge < -0.3 is 10.1 Å². The van der Waals surface area contributed by atoms with Crippen molar-refractivity contribution >= 4 is 5.82 Å². The lowest BCUT2D eigenvalue weighted by Crippen LogP contribution is -2.07. The zero-order valence-corrected chi connectivity index (χ0v) is 9.87. The van der Waals surface area contributed by atoms with E-state index in [2.05, 4.69) is 5.10 Å². The van der Waals surface area contributed by atoms with E-state index in [1.807, 2.05) is 30.3 Å².